The molecule has 0 aliphatic carbocycles. The van der Waals surface area contributed by atoms with E-state index in [9.17, 15) is 12.8 Å². The van der Waals surface area contributed by atoms with Gasteiger partial charge in [-0.3, -0.25) is 0 Å². The lowest BCUT2D eigenvalue weighted by molar-refractivity contribution is -0.0285. The van der Waals surface area contributed by atoms with E-state index in [1.54, 1.807) is 0 Å². The summed E-state index contributed by atoms with van der Waals surface area (Å²) < 4.78 is 52.4. The number of benzene rings is 2. The quantitative estimate of drug-likeness (QED) is 0.560. The first-order valence-electron chi connectivity index (χ1n) is 9.79. The van der Waals surface area contributed by atoms with Crippen LogP contribution < -0.4 is 10.1 Å². The Kier molecular flexibility index (Phi) is 6.63. The van der Waals surface area contributed by atoms with Crippen LogP contribution in [-0.2, 0) is 14.8 Å². The summed E-state index contributed by atoms with van der Waals surface area (Å²) in [6, 6.07) is 8.52. The molecule has 0 aromatic heterocycles. The van der Waals surface area contributed by atoms with Gasteiger partial charge in [0.05, 0.1) is 37.5 Å². The maximum absolute atomic E-state index is 13.9. The molecule has 0 unspecified atom stereocenters. The Hall–Kier alpha value is -1.93. The molecule has 7 nitrogen and oxygen atoms in total. The van der Waals surface area contributed by atoms with Crippen LogP contribution in [0.1, 0.15) is 0 Å². The van der Waals surface area contributed by atoms with Gasteiger partial charge in [0, 0.05) is 36.1 Å². The van der Waals surface area contributed by atoms with Crippen molar-refractivity contribution in [3.8, 4) is 5.75 Å². The molecule has 0 saturated carbocycles. The van der Waals surface area contributed by atoms with E-state index in [0.29, 0.717) is 24.8 Å². The minimum atomic E-state index is -3.81. The molecule has 4 rings (SSSR count). The van der Waals surface area contributed by atoms with E-state index in [-0.39, 0.29) is 47.1 Å². The highest BCUT2D eigenvalue weighted by atomic mass is 35.5. The maximum Gasteiger partial charge on any atom is 0.244 e. The second-order valence-corrected chi connectivity index (χ2v) is 10.7. The van der Waals surface area contributed by atoms with Crippen molar-refractivity contribution in [3.63, 3.8) is 0 Å². The zero-order chi connectivity index (χ0) is 22.9. The number of hydrogen-bond acceptors (Lipinski definition) is 5. The smallest absolute Gasteiger partial charge is 0.244 e. The molecule has 0 atom stereocenters. The molecule has 0 bridgehead atoms. The third-order valence-corrected chi connectivity index (χ3v) is 8.03. The van der Waals surface area contributed by atoms with Gasteiger partial charge in [-0.05, 0) is 30.3 Å². The van der Waals surface area contributed by atoms with Crippen LogP contribution in [-0.4, -0.2) is 58.2 Å². The van der Waals surface area contributed by atoms with Gasteiger partial charge in [0.2, 0.25) is 15.7 Å². The van der Waals surface area contributed by atoms with Crippen molar-refractivity contribution >= 4 is 38.9 Å². The molecule has 2 aliphatic heterocycles. The van der Waals surface area contributed by atoms with Crippen molar-refractivity contribution in [2.45, 2.75) is 10.9 Å². The van der Waals surface area contributed by atoms with Gasteiger partial charge < -0.3 is 14.8 Å². The van der Waals surface area contributed by atoms with Crippen LogP contribution in [0.25, 0.3) is 4.85 Å². The van der Waals surface area contributed by atoms with Crippen LogP contribution in [0.4, 0.5) is 10.1 Å². The Labute approximate surface area is 195 Å². The van der Waals surface area contributed by atoms with Crippen LogP contribution in [0.2, 0.25) is 10.0 Å². The number of halogens is 3. The molecular weight excluding hydrogens is 480 g/mol. The molecule has 0 amide bonds. The third-order valence-electron chi connectivity index (χ3n) is 5.52. The average Bonchev–Trinajstić information content (AvgIpc) is 2.67. The predicted molar refractivity (Wildman–Crippen MR) is 118 cm³/mol. The van der Waals surface area contributed by atoms with E-state index < -0.39 is 21.3 Å². The largest absolute Gasteiger partial charge is 0.493 e. The molecule has 2 fully saturated rings. The van der Waals surface area contributed by atoms with Gasteiger partial charge in [-0.15, -0.1) is 0 Å². The molecule has 11 heteroatoms. The molecule has 170 valence electrons. The Morgan fingerprint density at radius 3 is 2.59 bits per heavy atom. The molecule has 2 aliphatic rings. The van der Waals surface area contributed by atoms with E-state index in [1.165, 1.54) is 34.6 Å². The molecule has 32 heavy (non-hydrogen) atoms. The van der Waals surface area contributed by atoms with Crippen molar-refractivity contribution < 1.29 is 22.3 Å². The van der Waals surface area contributed by atoms with E-state index in [1.807, 2.05) is 0 Å². The number of nitrogens with zero attached hydrogens (tertiary/aromatic N) is 2. The van der Waals surface area contributed by atoms with Gasteiger partial charge in [-0.25, -0.2) is 17.7 Å². The number of nitrogens with one attached hydrogen (secondary N) is 1. The van der Waals surface area contributed by atoms with Gasteiger partial charge in [0.15, 0.2) is 0 Å². The van der Waals surface area contributed by atoms with E-state index in [0.717, 1.165) is 6.07 Å². The molecule has 2 aromatic carbocycles. The fourth-order valence-corrected chi connectivity index (χ4v) is 5.98. The lowest BCUT2D eigenvalue weighted by atomic mass is 9.82. The number of sulfonamides is 1. The van der Waals surface area contributed by atoms with Gasteiger partial charge in [-0.2, -0.15) is 4.31 Å². The lowest BCUT2D eigenvalue weighted by Crippen LogP contribution is -2.66. The molecule has 2 heterocycles. The van der Waals surface area contributed by atoms with Crippen LogP contribution in [0.5, 0.6) is 5.75 Å². The maximum atomic E-state index is 13.9. The first-order chi connectivity index (χ1) is 15.2. The summed E-state index contributed by atoms with van der Waals surface area (Å²) >= 11 is 12.0. The standard InChI is InChI=1S/C21H20Cl2FN3O4S/c1-25-19-4-3-16(7-18(19)24)31-13-21(10-26-15-8-30-9-15)11-27(12-21)32(28,29)20-5-2-14(22)6-17(20)23/h2-7,15,26H,8-13H2. The van der Waals surface area contributed by atoms with E-state index in [2.05, 4.69) is 10.2 Å². The van der Waals surface area contributed by atoms with Crippen LogP contribution in [0.15, 0.2) is 41.3 Å². The minimum Gasteiger partial charge on any atom is -0.493 e. The van der Waals surface area contributed by atoms with Crippen molar-refractivity contribution in [3.05, 3.63) is 63.7 Å². The van der Waals surface area contributed by atoms with Crippen molar-refractivity contribution in [2.75, 3.05) is 39.5 Å². The first-order valence-corrected chi connectivity index (χ1v) is 12.0. The molecule has 2 saturated heterocycles. The topological polar surface area (TPSA) is 72.2 Å². The highest BCUT2D eigenvalue weighted by Gasteiger charge is 2.49. The van der Waals surface area contributed by atoms with Crippen LogP contribution >= 0.6 is 23.2 Å². The van der Waals surface area contributed by atoms with Crippen LogP contribution in [0.3, 0.4) is 0 Å². The molecule has 2 aromatic rings. The van der Waals surface area contributed by atoms with Crippen molar-refractivity contribution in [1.29, 1.82) is 0 Å². The monoisotopic (exact) mass is 499 g/mol. The summed E-state index contributed by atoms with van der Waals surface area (Å²) in [5.41, 5.74) is -0.601. The normalized spacial score (nSPS) is 18.4. The summed E-state index contributed by atoms with van der Waals surface area (Å²) in [5, 5.41) is 3.79. The van der Waals surface area contributed by atoms with Crippen LogP contribution in [0, 0.1) is 17.8 Å². The molecular formula is C21H20Cl2FN3O4S. The summed E-state index contributed by atoms with van der Waals surface area (Å²) in [4.78, 5) is 3.09. The zero-order valence-electron chi connectivity index (χ0n) is 16.9. The number of hydrogen-bond donors (Lipinski definition) is 1. The summed E-state index contributed by atoms with van der Waals surface area (Å²) in [7, 11) is -3.81. The number of rotatable bonds is 8. The van der Waals surface area contributed by atoms with Gasteiger partial charge in [0.25, 0.3) is 0 Å². The summed E-state index contributed by atoms with van der Waals surface area (Å²) in [5.74, 6) is -0.380. The van der Waals surface area contributed by atoms with E-state index >= 15 is 0 Å². The van der Waals surface area contributed by atoms with Crippen molar-refractivity contribution in [2.24, 2.45) is 5.41 Å². The third kappa shape index (κ3) is 4.71. The minimum absolute atomic E-state index is 0.00441. The Bertz CT molecular complexity index is 1160. The Morgan fingerprint density at radius 2 is 2.00 bits per heavy atom. The number of ether oxygens (including phenoxy) is 2. The Morgan fingerprint density at radius 1 is 1.25 bits per heavy atom. The Balaban J connectivity index is 1.48. The molecule has 0 spiro atoms. The zero-order valence-corrected chi connectivity index (χ0v) is 19.2. The van der Waals surface area contributed by atoms with Crippen molar-refractivity contribution in [1.82, 2.24) is 9.62 Å². The molecule has 0 radical (unpaired) electrons. The second-order valence-electron chi connectivity index (χ2n) is 7.98. The second kappa shape index (κ2) is 9.14. The fraction of sp³-hybridized carbons (Fsp3) is 0.381. The van der Waals surface area contributed by atoms with E-state index in [4.69, 9.17) is 39.2 Å². The first kappa shape index (κ1) is 23.2. The SMILES string of the molecule is [C-]#[N+]c1ccc(OCC2(CNC3COC3)CN(S(=O)(=O)c3ccc(Cl)cc3Cl)C2)cc1F. The predicted octanol–water partition coefficient (Wildman–Crippen LogP) is 3.74. The molecule has 1 N–H and O–H groups in total. The lowest BCUT2D eigenvalue weighted by Gasteiger charge is -2.49. The summed E-state index contributed by atoms with van der Waals surface area (Å²) in [6.07, 6.45) is 0. The highest BCUT2D eigenvalue weighted by Crippen LogP contribution is 2.38. The van der Waals surface area contributed by atoms with Gasteiger partial charge in [-0.1, -0.05) is 23.2 Å². The van der Waals surface area contributed by atoms with Gasteiger partial charge in [0.1, 0.15) is 16.5 Å². The fourth-order valence-electron chi connectivity index (χ4n) is 3.57. The van der Waals surface area contributed by atoms with Gasteiger partial charge >= 0.3 is 0 Å². The average molecular weight is 500 g/mol. The highest BCUT2D eigenvalue weighted by molar-refractivity contribution is 7.89. The summed E-state index contributed by atoms with van der Waals surface area (Å²) in [6.45, 7) is 9.23.